The van der Waals surface area contributed by atoms with Crippen molar-refractivity contribution in [3.63, 3.8) is 0 Å². The van der Waals surface area contributed by atoms with Crippen molar-refractivity contribution in [2.75, 3.05) is 0 Å². The number of fused-ring (bicyclic) bond motifs is 2. The monoisotopic (exact) mass is 230 g/mol. The maximum Gasteiger partial charge on any atom is 0.154 e. The average molecular weight is 231 g/mol. The van der Waals surface area contributed by atoms with Gasteiger partial charge in [0.1, 0.15) is 5.17 Å². The van der Waals surface area contributed by atoms with Crippen LogP contribution < -0.4 is 0 Å². The fraction of sp³-hybridized carbons (Fsp3) is 0.600. The fourth-order valence-corrected chi connectivity index (χ4v) is 2.63. The smallest absolute Gasteiger partial charge is 0.142 e. The first-order valence-corrected chi connectivity index (χ1v) is 5.57. The van der Waals surface area contributed by atoms with Crippen molar-refractivity contribution in [2.24, 2.45) is 22.0 Å². The summed E-state index contributed by atoms with van der Waals surface area (Å²) in [5.41, 5.74) is 0.921. The molecule has 1 fully saturated rings. The zero-order valence-electron chi connectivity index (χ0n) is 7.84. The van der Waals surface area contributed by atoms with Crippen LogP contribution in [0.2, 0.25) is 0 Å². The lowest BCUT2D eigenvalue weighted by Gasteiger charge is -2.10. The van der Waals surface area contributed by atoms with Gasteiger partial charge in [0.05, 0.1) is 0 Å². The van der Waals surface area contributed by atoms with Gasteiger partial charge in [0.15, 0.2) is 5.17 Å². The molecule has 0 aromatic heterocycles. The third kappa shape index (κ3) is 2.01. The standard InChI is InChI=1S/C10H12Cl2N2/c1-6-8-3-2-7(4-8)5-9(11)13-14-10(6)12/h7-8H,1-5H2/b13-9+,14-10+. The van der Waals surface area contributed by atoms with Crippen LogP contribution in [0.5, 0.6) is 0 Å². The first-order chi connectivity index (χ1) is 6.66. The van der Waals surface area contributed by atoms with Crippen LogP contribution in [-0.2, 0) is 0 Å². The summed E-state index contributed by atoms with van der Waals surface area (Å²) in [6.45, 7) is 3.97. The molecule has 0 aromatic carbocycles. The van der Waals surface area contributed by atoms with E-state index in [9.17, 15) is 0 Å². The lowest BCUT2D eigenvalue weighted by atomic mass is 9.97. The molecule has 0 N–H and O–H groups in total. The molecule has 0 amide bonds. The van der Waals surface area contributed by atoms with Gasteiger partial charge in [0.25, 0.3) is 0 Å². The Labute approximate surface area is 93.7 Å². The molecule has 14 heavy (non-hydrogen) atoms. The van der Waals surface area contributed by atoms with Gasteiger partial charge in [0.2, 0.25) is 0 Å². The molecule has 2 nitrogen and oxygen atoms in total. The highest BCUT2D eigenvalue weighted by molar-refractivity contribution is 6.70. The minimum Gasteiger partial charge on any atom is -0.142 e. The maximum atomic E-state index is 5.96. The van der Waals surface area contributed by atoms with Crippen molar-refractivity contribution in [1.82, 2.24) is 0 Å². The first kappa shape index (κ1) is 10.2. The van der Waals surface area contributed by atoms with Crippen LogP contribution in [0.4, 0.5) is 0 Å². The molecule has 2 aliphatic rings. The zero-order valence-corrected chi connectivity index (χ0v) is 9.35. The molecule has 0 radical (unpaired) electrons. The Morgan fingerprint density at radius 2 is 2.00 bits per heavy atom. The number of hydrogen-bond donors (Lipinski definition) is 0. The van der Waals surface area contributed by atoms with Crippen molar-refractivity contribution < 1.29 is 0 Å². The Bertz CT molecular complexity index is 320. The van der Waals surface area contributed by atoms with Gasteiger partial charge in [-0.25, -0.2) is 0 Å². The van der Waals surface area contributed by atoms with E-state index in [2.05, 4.69) is 16.8 Å². The summed E-state index contributed by atoms with van der Waals surface area (Å²) in [5, 5.41) is 8.71. The Morgan fingerprint density at radius 3 is 2.79 bits per heavy atom. The molecule has 0 spiro atoms. The predicted molar refractivity (Wildman–Crippen MR) is 61.2 cm³/mol. The number of rotatable bonds is 0. The fourth-order valence-electron chi connectivity index (χ4n) is 2.19. The maximum absolute atomic E-state index is 5.96. The molecule has 1 heterocycles. The summed E-state index contributed by atoms with van der Waals surface area (Å²) in [6.07, 6.45) is 4.30. The number of nitrogens with zero attached hydrogens (tertiary/aromatic N) is 2. The van der Waals surface area contributed by atoms with E-state index in [-0.39, 0.29) is 0 Å². The number of hydrogen-bond acceptors (Lipinski definition) is 2. The van der Waals surface area contributed by atoms with Crippen LogP contribution in [0.25, 0.3) is 0 Å². The molecule has 2 rings (SSSR count). The molecule has 1 aliphatic heterocycles. The van der Waals surface area contributed by atoms with E-state index in [0.717, 1.165) is 24.8 Å². The number of halogens is 2. The topological polar surface area (TPSA) is 24.7 Å². The quantitative estimate of drug-likeness (QED) is 0.609. The molecule has 76 valence electrons. The third-order valence-electron chi connectivity index (χ3n) is 3.00. The second-order valence-electron chi connectivity index (χ2n) is 3.97. The summed E-state index contributed by atoms with van der Waals surface area (Å²) >= 11 is 11.9. The molecule has 2 bridgehead atoms. The Balaban J connectivity index is 2.28. The van der Waals surface area contributed by atoms with Crippen LogP contribution in [0.3, 0.4) is 0 Å². The van der Waals surface area contributed by atoms with Crippen molar-refractivity contribution >= 4 is 33.5 Å². The van der Waals surface area contributed by atoms with Crippen LogP contribution >= 0.6 is 23.2 Å². The highest BCUT2D eigenvalue weighted by Gasteiger charge is 2.29. The predicted octanol–water partition coefficient (Wildman–Crippen LogP) is 3.55. The lowest BCUT2D eigenvalue weighted by Crippen LogP contribution is -2.04. The molecule has 0 saturated heterocycles. The minimum atomic E-state index is 0.413. The Morgan fingerprint density at radius 1 is 1.21 bits per heavy atom. The SMILES string of the molecule is C=C1/C(Cl)=N\N=C(\Cl)CC2CCC1C2. The average Bonchev–Trinajstić information content (AvgIpc) is 2.61. The summed E-state index contributed by atoms with van der Waals surface area (Å²) in [4.78, 5) is 0. The molecule has 4 heteroatoms. The Kier molecular flexibility index (Phi) is 2.93. The molecule has 2 atom stereocenters. The largest absolute Gasteiger partial charge is 0.154 e. The highest BCUT2D eigenvalue weighted by Crippen LogP contribution is 2.38. The van der Waals surface area contributed by atoms with E-state index in [1.807, 2.05) is 0 Å². The lowest BCUT2D eigenvalue weighted by molar-refractivity contribution is 0.552. The highest BCUT2D eigenvalue weighted by atomic mass is 35.5. The van der Waals surface area contributed by atoms with E-state index in [1.54, 1.807) is 0 Å². The summed E-state index contributed by atoms with van der Waals surface area (Å²) in [5.74, 6) is 1.11. The van der Waals surface area contributed by atoms with E-state index in [1.165, 1.54) is 6.42 Å². The van der Waals surface area contributed by atoms with Crippen molar-refractivity contribution in [3.05, 3.63) is 12.2 Å². The van der Waals surface area contributed by atoms with Crippen molar-refractivity contribution in [2.45, 2.75) is 25.7 Å². The van der Waals surface area contributed by atoms with Crippen LogP contribution in [-0.4, -0.2) is 10.3 Å². The van der Waals surface area contributed by atoms with Crippen LogP contribution in [0, 0.1) is 11.8 Å². The molecular weight excluding hydrogens is 219 g/mol. The van der Waals surface area contributed by atoms with E-state index in [0.29, 0.717) is 22.2 Å². The van der Waals surface area contributed by atoms with E-state index in [4.69, 9.17) is 23.2 Å². The van der Waals surface area contributed by atoms with Crippen LogP contribution in [0.15, 0.2) is 22.4 Å². The molecular formula is C10H12Cl2N2. The van der Waals surface area contributed by atoms with Crippen molar-refractivity contribution in [1.29, 1.82) is 0 Å². The second kappa shape index (κ2) is 4.03. The van der Waals surface area contributed by atoms with Gasteiger partial charge in [-0.2, -0.15) is 0 Å². The van der Waals surface area contributed by atoms with Crippen molar-refractivity contribution in [3.8, 4) is 0 Å². The van der Waals surface area contributed by atoms with Gasteiger partial charge >= 0.3 is 0 Å². The van der Waals surface area contributed by atoms with E-state index >= 15 is 0 Å². The molecule has 1 aliphatic carbocycles. The number of allylic oxidation sites excluding steroid dienone is 1. The van der Waals surface area contributed by atoms with Gasteiger partial charge in [-0.05, 0) is 36.7 Å². The molecule has 0 aromatic rings. The van der Waals surface area contributed by atoms with Gasteiger partial charge in [-0.1, -0.05) is 29.8 Å². The van der Waals surface area contributed by atoms with Crippen LogP contribution in [0.1, 0.15) is 25.7 Å². The molecule has 2 unspecified atom stereocenters. The summed E-state index contributed by atoms with van der Waals surface area (Å²) < 4.78 is 0. The summed E-state index contributed by atoms with van der Waals surface area (Å²) in [6, 6.07) is 0. The normalized spacial score (nSPS) is 40.3. The van der Waals surface area contributed by atoms with E-state index < -0.39 is 0 Å². The second-order valence-corrected chi connectivity index (χ2v) is 4.77. The van der Waals surface area contributed by atoms with Gasteiger partial charge in [-0.3, -0.25) is 0 Å². The van der Waals surface area contributed by atoms with Gasteiger partial charge in [-0.15, -0.1) is 10.2 Å². The first-order valence-electron chi connectivity index (χ1n) is 4.81. The van der Waals surface area contributed by atoms with Gasteiger partial charge in [0, 0.05) is 6.42 Å². The minimum absolute atomic E-state index is 0.413. The Hall–Kier alpha value is -0.340. The van der Waals surface area contributed by atoms with Gasteiger partial charge < -0.3 is 0 Å². The third-order valence-corrected chi connectivity index (χ3v) is 3.55. The summed E-state index contributed by atoms with van der Waals surface area (Å²) in [7, 11) is 0. The zero-order chi connectivity index (χ0) is 10.1. The molecule has 1 saturated carbocycles.